The molecule has 20 heavy (non-hydrogen) atoms. The summed E-state index contributed by atoms with van der Waals surface area (Å²) in [5.41, 5.74) is 7.74. The van der Waals surface area contributed by atoms with Crippen LogP contribution in [0.1, 0.15) is 28.9 Å². The molecule has 0 saturated carbocycles. The Kier molecular flexibility index (Phi) is 4.25. The van der Waals surface area contributed by atoms with Crippen molar-refractivity contribution in [2.45, 2.75) is 13.0 Å². The molecule has 1 amide bonds. The zero-order valence-electron chi connectivity index (χ0n) is 11.6. The molecule has 4 heteroatoms. The van der Waals surface area contributed by atoms with Crippen molar-refractivity contribution in [2.75, 3.05) is 12.8 Å². The highest BCUT2D eigenvalue weighted by atomic mass is 16.5. The SMILES string of the molecule is COc1c(N)cccc1C(=O)NC(C)c1ccccc1. The Hall–Kier alpha value is -2.49. The number of anilines is 1. The number of para-hydroxylation sites is 1. The molecule has 2 aromatic carbocycles. The summed E-state index contributed by atoms with van der Waals surface area (Å²) in [6.45, 7) is 1.94. The number of ether oxygens (including phenoxy) is 1. The number of carbonyl (C=O) groups excluding carboxylic acids is 1. The quantitative estimate of drug-likeness (QED) is 0.840. The average molecular weight is 270 g/mol. The van der Waals surface area contributed by atoms with Gasteiger partial charge in [0.05, 0.1) is 24.4 Å². The zero-order valence-corrected chi connectivity index (χ0v) is 11.6. The highest BCUT2D eigenvalue weighted by Crippen LogP contribution is 2.26. The lowest BCUT2D eigenvalue weighted by Gasteiger charge is -2.16. The summed E-state index contributed by atoms with van der Waals surface area (Å²) < 4.78 is 5.20. The van der Waals surface area contributed by atoms with Gasteiger partial charge in [-0.15, -0.1) is 0 Å². The van der Waals surface area contributed by atoms with Gasteiger partial charge in [0.25, 0.3) is 5.91 Å². The van der Waals surface area contributed by atoms with E-state index in [2.05, 4.69) is 5.32 Å². The molecule has 2 rings (SSSR count). The monoisotopic (exact) mass is 270 g/mol. The normalized spacial score (nSPS) is 11.7. The van der Waals surface area contributed by atoms with Crippen molar-refractivity contribution in [1.29, 1.82) is 0 Å². The molecule has 0 radical (unpaired) electrons. The molecule has 2 aromatic rings. The minimum absolute atomic E-state index is 0.0881. The van der Waals surface area contributed by atoms with Crippen LogP contribution < -0.4 is 15.8 Å². The van der Waals surface area contributed by atoms with Gasteiger partial charge < -0.3 is 15.8 Å². The van der Waals surface area contributed by atoms with Gasteiger partial charge in [0, 0.05) is 0 Å². The Labute approximate surface area is 118 Å². The molecule has 4 nitrogen and oxygen atoms in total. The third-order valence-corrected chi connectivity index (χ3v) is 3.14. The highest BCUT2D eigenvalue weighted by molar-refractivity contribution is 5.98. The zero-order chi connectivity index (χ0) is 14.5. The van der Waals surface area contributed by atoms with Gasteiger partial charge in [-0.3, -0.25) is 4.79 Å². The van der Waals surface area contributed by atoms with Crippen LogP contribution >= 0.6 is 0 Å². The van der Waals surface area contributed by atoms with Crippen LogP contribution in [0.4, 0.5) is 5.69 Å². The second kappa shape index (κ2) is 6.10. The molecule has 0 fully saturated rings. The molecule has 3 N–H and O–H groups in total. The summed E-state index contributed by atoms with van der Waals surface area (Å²) >= 11 is 0. The lowest BCUT2D eigenvalue weighted by molar-refractivity contribution is 0.0937. The van der Waals surface area contributed by atoms with Crippen LogP contribution in [0.5, 0.6) is 5.75 Å². The third-order valence-electron chi connectivity index (χ3n) is 3.14. The number of carbonyl (C=O) groups is 1. The molecule has 0 aliphatic carbocycles. The van der Waals surface area contributed by atoms with E-state index in [1.54, 1.807) is 18.2 Å². The van der Waals surface area contributed by atoms with E-state index < -0.39 is 0 Å². The predicted octanol–water partition coefficient (Wildman–Crippen LogP) is 2.77. The summed E-state index contributed by atoms with van der Waals surface area (Å²) in [7, 11) is 1.50. The number of rotatable bonds is 4. The summed E-state index contributed by atoms with van der Waals surface area (Å²) in [6.07, 6.45) is 0. The number of amides is 1. The number of nitrogens with two attached hydrogens (primary N) is 1. The third kappa shape index (κ3) is 2.91. The van der Waals surface area contributed by atoms with Gasteiger partial charge in [-0.1, -0.05) is 36.4 Å². The first-order valence-electron chi connectivity index (χ1n) is 6.41. The molecule has 0 heterocycles. The fourth-order valence-electron chi connectivity index (χ4n) is 2.06. The largest absolute Gasteiger partial charge is 0.494 e. The number of benzene rings is 2. The second-order valence-electron chi connectivity index (χ2n) is 4.53. The predicted molar refractivity (Wildman–Crippen MR) is 79.7 cm³/mol. The number of nitrogen functional groups attached to an aromatic ring is 1. The van der Waals surface area contributed by atoms with Crippen LogP contribution in [0, 0.1) is 0 Å². The molecule has 1 atom stereocenters. The van der Waals surface area contributed by atoms with E-state index in [-0.39, 0.29) is 11.9 Å². The van der Waals surface area contributed by atoms with E-state index in [1.165, 1.54) is 7.11 Å². The minimum Gasteiger partial charge on any atom is -0.494 e. The smallest absolute Gasteiger partial charge is 0.255 e. The van der Waals surface area contributed by atoms with E-state index in [1.807, 2.05) is 37.3 Å². The van der Waals surface area contributed by atoms with Gasteiger partial charge in [-0.05, 0) is 24.6 Å². The highest BCUT2D eigenvalue weighted by Gasteiger charge is 2.16. The van der Waals surface area contributed by atoms with Crippen molar-refractivity contribution in [1.82, 2.24) is 5.32 Å². The fourth-order valence-corrected chi connectivity index (χ4v) is 2.06. The molecule has 1 unspecified atom stereocenters. The van der Waals surface area contributed by atoms with Crippen LogP contribution in [0.25, 0.3) is 0 Å². The van der Waals surface area contributed by atoms with Gasteiger partial charge in [0.1, 0.15) is 0 Å². The van der Waals surface area contributed by atoms with Crippen molar-refractivity contribution >= 4 is 11.6 Å². The summed E-state index contributed by atoms with van der Waals surface area (Å²) in [4.78, 5) is 12.3. The van der Waals surface area contributed by atoms with Crippen molar-refractivity contribution in [2.24, 2.45) is 0 Å². The molecule has 0 spiro atoms. The first kappa shape index (κ1) is 13.9. The van der Waals surface area contributed by atoms with E-state index in [4.69, 9.17) is 10.5 Å². The van der Waals surface area contributed by atoms with Gasteiger partial charge in [-0.2, -0.15) is 0 Å². The number of hydrogen-bond acceptors (Lipinski definition) is 3. The van der Waals surface area contributed by atoms with Crippen molar-refractivity contribution < 1.29 is 9.53 Å². The second-order valence-corrected chi connectivity index (χ2v) is 4.53. The van der Waals surface area contributed by atoms with Crippen molar-refractivity contribution in [3.8, 4) is 5.75 Å². The lowest BCUT2D eigenvalue weighted by Crippen LogP contribution is -2.27. The first-order valence-corrected chi connectivity index (χ1v) is 6.41. The van der Waals surface area contributed by atoms with Crippen LogP contribution in [0.2, 0.25) is 0 Å². The van der Waals surface area contributed by atoms with Crippen molar-refractivity contribution in [3.05, 3.63) is 59.7 Å². The van der Waals surface area contributed by atoms with Gasteiger partial charge in [-0.25, -0.2) is 0 Å². The van der Waals surface area contributed by atoms with Crippen LogP contribution in [0.3, 0.4) is 0 Å². The van der Waals surface area contributed by atoms with E-state index in [9.17, 15) is 4.79 Å². The van der Waals surface area contributed by atoms with E-state index >= 15 is 0 Å². The summed E-state index contributed by atoms with van der Waals surface area (Å²) in [6, 6.07) is 14.8. The molecule has 0 aromatic heterocycles. The lowest BCUT2D eigenvalue weighted by atomic mass is 10.1. The Morgan fingerprint density at radius 3 is 2.50 bits per heavy atom. The number of methoxy groups -OCH3 is 1. The standard InChI is InChI=1S/C16H18N2O2/c1-11(12-7-4-3-5-8-12)18-16(19)13-9-6-10-14(17)15(13)20-2/h3-11H,17H2,1-2H3,(H,18,19). The topological polar surface area (TPSA) is 64.3 Å². The van der Waals surface area contributed by atoms with Crippen LogP contribution in [-0.2, 0) is 0 Å². The van der Waals surface area contributed by atoms with E-state index in [0.29, 0.717) is 17.0 Å². The number of hydrogen-bond donors (Lipinski definition) is 2. The Morgan fingerprint density at radius 1 is 1.15 bits per heavy atom. The van der Waals surface area contributed by atoms with Crippen molar-refractivity contribution in [3.63, 3.8) is 0 Å². The Balaban J connectivity index is 2.19. The molecular formula is C16H18N2O2. The fraction of sp³-hybridized carbons (Fsp3) is 0.188. The summed E-state index contributed by atoms with van der Waals surface area (Å²) in [5.74, 6) is 0.204. The molecule has 0 aliphatic rings. The Bertz CT molecular complexity index is 597. The maximum Gasteiger partial charge on any atom is 0.255 e. The molecular weight excluding hydrogens is 252 g/mol. The van der Waals surface area contributed by atoms with Gasteiger partial charge in [0.2, 0.25) is 0 Å². The van der Waals surface area contributed by atoms with Gasteiger partial charge in [0.15, 0.2) is 5.75 Å². The first-order chi connectivity index (χ1) is 9.63. The molecule has 0 aliphatic heterocycles. The maximum absolute atomic E-state index is 12.3. The Morgan fingerprint density at radius 2 is 1.85 bits per heavy atom. The van der Waals surface area contributed by atoms with E-state index in [0.717, 1.165) is 5.56 Å². The average Bonchev–Trinajstić information content (AvgIpc) is 2.47. The molecule has 0 saturated heterocycles. The minimum atomic E-state index is -0.203. The number of nitrogens with one attached hydrogen (secondary N) is 1. The van der Waals surface area contributed by atoms with Crippen LogP contribution in [-0.4, -0.2) is 13.0 Å². The molecule has 104 valence electrons. The summed E-state index contributed by atoms with van der Waals surface area (Å²) in [5, 5.41) is 2.94. The van der Waals surface area contributed by atoms with Crippen LogP contribution in [0.15, 0.2) is 48.5 Å². The maximum atomic E-state index is 12.3. The van der Waals surface area contributed by atoms with Gasteiger partial charge >= 0.3 is 0 Å². The molecule has 0 bridgehead atoms.